The molecule has 0 aliphatic carbocycles. The van der Waals surface area contributed by atoms with Gasteiger partial charge in [0.1, 0.15) is 0 Å². The molecule has 0 aromatic carbocycles. The van der Waals surface area contributed by atoms with Crippen LogP contribution in [0.15, 0.2) is 0 Å². The molecule has 2 unspecified atom stereocenters. The highest BCUT2D eigenvalue weighted by atomic mass is 16.7. The van der Waals surface area contributed by atoms with Crippen LogP contribution in [-0.4, -0.2) is 44.8 Å². The summed E-state index contributed by atoms with van der Waals surface area (Å²) in [5.41, 5.74) is 0. The molecule has 0 spiro atoms. The molecule has 4 heteroatoms. The lowest BCUT2D eigenvalue weighted by molar-refractivity contribution is -0.155. The first-order chi connectivity index (χ1) is 9.81. The van der Waals surface area contributed by atoms with E-state index in [0.717, 1.165) is 32.4 Å². The molecule has 2 atom stereocenters. The van der Waals surface area contributed by atoms with Crippen molar-refractivity contribution in [2.45, 2.75) is 77.7 Å². The van der Waals surface area contributed by atoms with Gasteiger partial charge in [-0.25, -0.2) is 0 Å². The summed E-state index contributed by atoms with van der Waals surface area (Å²) < 4.78 is 17.2. The predicted octanol–water partition coefficient (Wildman–Crippen LogP) is 3.10. The van der Waals surface area contributed by atoms with Crippen LogP contribution in [-0.2, 0) is 14.2 Å². The molecule has 0 amide bonds. The molecule has 1 fully saturated rings. The summed E-state index contributed by atoms with van der Waals surface area (Å²) in [6, 6.07) is 0.288. The maximum Gasteiger partial charge on any atom is 0.172 e. The Hall–Kier alpha value is -0.160. The van der Waals surface area contributed by atoms with Gasteiger partial charge in [0.25, 0.3) is 0 Å². The van der Waals surface area contributed by atoms with Gasteiger partial charge in [-0.1, -0.05) is 6.92 Å². The van der Waals surface area contributed by atoms with E-state index in [0.29, 0.717) is 19.3 Å². The number of hydrogen-bond donors (Lipinski definition) is 1. The van der Waals surface area contributed by atoms with Gasteiger partial charge in [-0.15, -0.1) is 0 Å². The summed E-state index contributed by atoms with van der Waals surface area (Å²) in [6.07, 6.45) is 7.37. The molecule has 1 aliphatic heterocycles. The van der Waals surface area contributed by atoms with Crippen LogP contribution in [0, 0.1) is 0 Å². The van der Waals surface area contributed by atoms with E-state index in [4.69, 9.17) is 14.2 Å². The van der Waals surface area contributed by atoms with Crippen LogP contribution in [0.5, 0.6) is 0 Å². The van der Waals surface area contributed by atoms with Gasteiger partial charge in [0.15, 0.2) is 6.29 Å². The maximum absolute atomic E-state index is 5.75. The zero-order chi connectivity index (χ0) is 14.6. The Morgan fingerprint density at radius 1 is 1.20 bits per heavy atom. The highest BCUT2D eigenvalue weighted by molar-refractivity contribution is 4.73. The summed E-state index contributed by atoms with van der Waals surface area (Å²) in [4.78, 5) is 0. The molecule has 4 nitrogen and oxygen atoms in total. The van der Waals surface area contributed by atoms with Gasteiger partial charge in [0, 0.05) is 19.8 Å². The molecular weight excluding hydrogens is 254 g/mol. The quantitative estimate of drug-likeness (QED) is 0.560. The Morgan fingerprint density at radius 2 is 1.95 bits per heavy atom. The van der Waals surface area contributed by atoms with Crippen LogP contribution in [0.2, 0.25) is 0 Å². The van der Waals surface area contributed by atoms with Crippen molar-refractivity contribution in [1.82, 2.24) is 5.32 Å². The summed E-state index contributed by atoms with van der Waals surface area (Å²) in [7, 11) is 0. The van der Waals surface area contributed by atoms with Crippen LogP contribution in [0.1, 0.15) is 59.3 Å². The van der Waals surface area contributed by atoms with Gasteiger partial charge >= 0.3 is 0 Å². The van der Waals surface area contributed by atoms with Crippen LogP contribution >= 0.6 is 0 Å². The standard InChI is InChI=1S/C16H33NO3/c1-4-12-17-15(16(18-5-2)19-6-3)11-7-9-14-10-8-13-20-14/h14-17H,4-13H2,1-3H3. The van der Waals surface area contributed by atoms with Crippen LogP contribution in [0.25, 0.3) is 0 Å². The topological polar surface area (TPSA) is 39.7 Å². The van der Waals surface area contributed by atoms with Gasteiger partial charge in [-0.2, -0.15) is 0 Å². The van der Waals surface area contributed by atoms with Crippen molar-refractivity contribution >= 4 is 0 Å². The summed E-state index contributed by atoms with van der Waals surface area (Å²) in [5.74, 6) is 0. The van der Waals surface area contributed by atoms with E-state index in [9.17, 15) is 0 Å². The monoisotopic (exact) mass is 287 g/mol. The largest absolute Gasteiger partial charge is 0.378 e. The molecule has 1 rings (SSSR count). The Labute approximate surface area is 124 Å². The average Bonchev–Trinajstić information content (AvgIpc) is 2.96. The van der Waals surface area contributed by atoms with E-state index in [1.165, 1.54) is 19.3 Å². The van der Waals surface area contributed by atoms with E-state index in [1.807, 2.05) is 13.8 Å². The maximum atomic E-state index is 5.75. The third-order valence-electron chi connectivity index (χ3n) is 3.71. The van der Waals surface area contributed by atoms with Crippen LogP contribution in [0.4, 0.5) is 0 Å². The molecule has 0 saturated carbocycles. The first-order valence-corrected chi connectivity index (χ1v) is 8.39. The highest BCUT2D eigenvalue weighted by Crippen LogP contribution is 2.19. The van der Waals surface area contributed by atoms with Crippen molar-refractivity contribution in [1.29, 1.82) is 0 Å². The number of nitrogens with one attached hydrogen (secondary N) is 1. The van der Waals surface area contributed by atoms with Crippen molar-refractivity contribution in [2.24, 2.45) is 0 Å². The summed E-state index contributed by atoms with van der Waals surface area (Å²) in [5, 5.41) is 3.57. The molecular formula is C16H33NO3. The number of rotatable bonds is 12. The minimum absolute atomic E-state index is 0.124. The molecule has 0 aromatic heterocycles. The predicted molar refractivity (Wildman–Crippen MR) is 81.9 cm³/mol. The number of hydrogen-bond acceptors (Lipinski definition) is 4. The fourth-order valence-corrected chi connectivity index (χ4v) is 2.71. The van der Waals surface area contributed by atoms with E-state index >= 15 is 0 Å². The molecule has 120 valence electrons. The Kier molecular flexibility index (Phi) is 10.3. The Bertz CT molecular complexity index is 214. The van der Waals surface area contributed by atoms with Gasteiger partial charge in [0.05, 0.1) is 12.1 Å². The van der Waals surface area contributed by atoms with Gasteiger partial charge < -0.3 is 19.5 Å². The first-order valence-electron chi connectivity index (χ1n) is 8.39. The number of ether oxygens (including phenoxy) is 3. The van der Waals surface area contributed by atoms with Gasteiger partial charge in [-0.05, 0) is 58.9 Å². The highest BCUT2D eigenvalue weighted by Gasteiger charge is 2.22. The normalized spacial score (nSPS) is 20.7. The van der Waals surface area contributed by atoms with Gasteiger partial charge in [0.2, 0.25) is 0 Å². The molecule has 1 N–H and O–H groups in total. The van der Waals surface area contributed by atoms with Crippen molar-refractivity contribution in [2.75, 3.05) is 26.4 Å². The average molecular weight is 287 g/mol. The molecule has 1 aliphatic rings. The fourth-order valence-electron chi connectivity index (χ4n) is 2.71. The molecule has 0 radical (unpaired) electrons. The van der Waals surface area contributed by atoms with E-state index in [2.05, 4.69) is 12.2 Å². The van der Waals surface area contributed by atoms with Crippen LogP contribution < -0.4 is 5.32 Å². The summed E-state index contributed by atoms with van der Waals surface area (Å²) >= 11 is 0. The zero-order valence-corrected chi connectivity index (χ0v) is 13.5. The Balaban J connectivity index is 2.34. The van der Waals surface area contributed by atoms with Crippen molar-refractivity contribution in [3.63, 3.8) is 0 Å². The molecule has 0 bridgehead atoms. The summed E-state index contributed by atoms with van der Waals surface area (Å²) in [6.45, 7) is 9.59. The second kappa shape index (κ2) is 11.5. The minimum Gasteiger partial charge on any atom is -0.378 e. The van der Waals surface area contributed by atoms with E-state index < -0.39 is 0 Å². The minimum atomic E-state index is -0.124. The SMILES string of the molecule is CCCNC(CCCC1CCCO1)C(OCC)OCC. The fraction of sp³-hybridized carbons (Fsp3) is 1.00. The zero-order valence-electron chi connectivity index (χ0n) is 13.5. The smallest absolute Gasteiger partial charge is 0.172 e. The molecule has 0 aromatic rings. The second-order valence-electron chi connectivity index (χ2n) is 5.41. The van der Waals surface area contributed by atoms with Crippen molar-refractivity contribution < 1.29 is 14.2 Å². The Morgan fingerprint density at radius 3 is 2.50 bits per heavy atom. The molecule has 1 heterocycles. The van der Waals surface area contributed by atoms with E-state index in [1.54, 1.807) is 0 Å². The molecule has 1 saturated heterocycles. The lowest BCUT2D eigenvalue weighted by atomic mass is 10.0. The lowest BCUT2D eigenvalue weighted by Gasteiger charge is -2.28. The second-order valence-corrected chi connectivity index (χ2v) is 5.41. The van der Waals surface area contributed by atoms with Crippen LogP contribution in [0.3, 0.4) is 0 Å². The third-order valence-corrected chi connectivity index (χ3v) is 3.71. The lowest BCUT2D eigenvalue weighted by Crippen LogP contribution is -2.43. The third kappa shape index (κ3) is 7.02. The van der Waals surface area contributed by atoms with Crippen molar-refractivity contribution in [3.05, 3.63) is 0 Å². The van der Waals surface area contributed by atoms with Gasteiger partial charge in [-0.3, -0.25) is 0 Å². The van der Waals surface area contributed by atoms with E-state index in [-0.39, 0.29) is 12.3 Å². The van der Waals surface area contributed by atoms with Crippen molar-refractivity contribution in [3.8, 4) is 0 Å². The first kappa shape index (κ1) is 17.9. The molecule has 20 heavy (non-hydrogen) atoms.